The van der Waals surface area contributed by atoms with Crippen molar-refractivity contribution in [2.24, 2.45) is 5.92 Å². The molecule has 7 nitrogen and oxygen atoms in total. The molecular formula is C30H26ClF5N4O3. The fourth-order valence-electron chi connectivity index (χ4n) is 6.19. The van der Waals surface area contributed by atoms with Gasteiger partial charge in [0.2, 0.25) is 5.91 Å². The number of fused-ring (bicyclic) bond motifs is 3. The SMILES string of the molecule is O=C(C1CCN(c2ccc(C(F)(F)F)cn2)CC1)N1CC2c3cc(Cl)c(F)cc3CN(C(=O)Oc3ccc(F)cc3)C2C1. The van der Waals surface area contributed by atoms with Crippen LogP contribution in [0.5, 0.6) is 5.75 Å². The van der Waals surface area contributed by atoms with E-state index in [1.807, 2.05) is 4.90 Å². The first-order chi connectivity index (χ1) is 20.5. The molecule has 3 aromatic rings. The number of alkyl halides is 3. The summed E-state index contributed by atoms with van der Waals surface area (Å²) in [7, 11) is 0. The Morgan fingerprint density at radius 3 is 2.35 bits per heavy atom. The summed E-state index contributed by atoms with van der Waals surface area (Å²) in [5, 5.41) is -0.0473. The number of carbonyl (C=O) groups is 2. The average molecular weight is 621 g/mol. The van der Waals surface area contributed by atoms with Gasteiger partial charge in [-0.2, -0.15) is 13.2 Å². The highest BCUT2D eigenvalue weighted by molar-refractivity contribution is 6.30. The second-order valence-corrected chi connectivity index (χ2v) is 11.4. The largest absolute Gasteiger partial charge is 0.417 e. The number of pyridine rings is 1. The predicted molar refractivity (Wildman–Crippen MR) is 147 cm³/mol. The Morgan fingerprint density at radius 2 is 1.70 bits per heavy atom. The first-order valence-corrected chi connectivity index (χ1v) is 14.1. The standard InChI is InChI=1S/C30H26ClF5N4O3/c31-24-12-22-18(11-25(24)33)14-40(29(42)43-21-4-2-20(32)3-5-21)26-16-39(15-23(22)26)28(41)17-7-9-38(10-8-17)27-6-1-19(13-37-27)30(34,35)36/h1-6,11-13,17,23,26H,7-10,14-16H2. The highest BCUT2D eigenvalue weighted by Gasteiger charge is 2.47. The number of carbonyl (C=O) groups excluding carboxylic acids is 2. The fourth-order valence-corrected chi connectivity index (χ4v) is 6.36. The van der Waals surface area contributed by atoms with Crippen LogP contribution < -0.4 is 9.64 Å². The maximum Gasteiger partial charge on any atom is 0.417 e. The number of ether oxygens (including phenoxy) is 1. The van der Waals surface area contributed by atoms with Gasteiger partial charge in [-0.15, -0.1) is 0 Å². The van der Waals surface area contributed by atoms with E-state index < -0.39 is 35.5 Å². The van der Waals surface area contributed by atoms with Gasteiger partial charge in [0, 0.05) is 50.8 Å². The highest BCUT2D eigenvalue weighted by Crippen LogP contribution is 2.41. The minimum absolute atomic E-state index is 0.0468. The number of hydrogen-bond donors (Lipinski definition) is 0. The quantitative estimate of drug-likeness (QED) is 0.324. The number of halogens is 6. The Labute approximate surface area is 248 Å². The number of aromatic nitrogens is 1. The van der Waals surface area contributed by atoms with Crippen molar-refractivity contribution in [1.29, 1.82) is 0 Å². The number of benzene rings is 2. The Morgan fingerprint density at radius 1 is 0.977 bits per heavy atom. The number of hydrogen-bond acceptors (Lipinski definition) is 5. The third-order valence-electron chi connectivity index (χ3n) is 8.42. The van der Waals surface area contributed by atoms with Crippen molar-refractivity contribution in [3.05, 3.63) is 88.1 Å². The van der Waals surface area contributed by atoms with Gasteiger partial charge in [-0.1, -0.05) is 11.6 Å². The topological polar surface area (TPSA) is 66.0 Å². The van der Waals surface area contributed by atoms with E-state index >= 15 is 0 Å². The highest BCUT2D eigenvalue weighted by atomic mass is 35.5. The molecule has 2 unspecified atom stereocenters. The van der Waals surface area contributed by atoms with Crippen LogP contribution in [0.15, 0.2) is 54.7 Å². The monoisotopic (exact) mass is 620 g/mol. The molecule has 0 bridgehead atoms. The molecular weight excluding hydrogens is 595 g/mol. The lowest BCUT2D eigenvalue weighted by Gasteiger charge is -2.37. The molecule has 2 amide bonds. The summed E-state index contributed by atoms with van der Waals surface area (Å²) in [5.41, 5.74) is 0.504. The summed E-state index contributed by atoms with van der Waals surface area (Å²) >= 11 is 6.11. The molecule has 0 saturated carbocycles. The summed E-state index contributed by atoms with van der Waals surface area (Å²) in [4.78, 5) is 36.0. The molecule has 2 atom stereocenters. The molecule has 1 aromatic heterocycles. The lowest BCUT2D eigenvalue weighted by atomic mass is 9.85. The van der Waals surface area contributed by atoms with Gasteiger partial charge >= 0.3 is 12.3 Å². The van der Waals surface area contributed by atoms with Crippen LogP contribution in [0.25, 0.3) is 0 Å². The normalized spacial score (nSPS) is 20.6. The third-order valence-corrected chi connectivity index (χ3v) is 8.71. The molecule has 0 spiro atoms. The van der Waals surface area contributed by atoms with Crippen molar-refractivity contribution in [1.82, 2.24) is 14.8 Å². The van der Waals surface area contributed by atoms with E-state index in [0.717, 1.165) is 17.8 Å². The van der Waals surface area contributed by atoms with Crippen LogP contribution in [0.4, 0.5) is 32.6 Å². The maximum atomic E-state index is 14.4. The molecule has 3 aliphatic rings. The number of amides is 2. The summed E-state index contributed by atoms with van der Waals surface area (Å²) in [6.45, 7) is 1.47. The molecule has 2 fully saturated rings. The number of likely N-dealkylation sites (tertiary alicyclic amines) is 1. The zero-order valence-electron chi connectivity index (χ0n) is 22.7. The lowest BCUT2D eigenvalue weighted by molar-refractivity contribution is -0.138. The van der Waals surface area contributed by atoms with Gasteiger partial charge in [0.15, 0.2) is 0 Å². The first-order valence-electron chi connectivity index (χ1n) is 13.8. The maximum absolute atomic E-state index is 14.4. The zero-order valence-corrected chi connectivity index (χ0v) is 23.4. The molecule has 226 valence electrons. The van der Waals surface area contributed by atoms with Crippen LogP contribution in [0.2, 0.25) is 5.02 Å². The van der Waals surface area contributed by atoms with Gasteiger partial charge in [0.1, 0.15) is 23.2 Å². The summed E-state index contributed by atoms with van der Waals surface area (Å²) in [6, 6.07) is 9.72. The molecule has 13 heteroatoms. The van der Waals surface area contributed by atoms with E-state index in [1.54, 1.807) is 11.0 Å². The fraction of sp³-hybridized carbons (Fsp3) is 0.367. The molecule has 0 radical (unpaired) electrons. The van der Waals surface area contributed by atoms with Gasteiger partial charge in [-0.25, -0.2) is 18.6 Å². The molecule has 4 heterocycles. The lowest BCUT2D eigenvalue weighted by Crippen LogP contribution is -2.48. The van der Waals surface area contributed by atoms with Crippen molar-refractivity contribution < 1.29 is 36.3 Å². The number of rotatable bonds is 3. The number of nitrogens with zero attached hydrogens (tertiary/aromatic N) is 4. The van der Waals surface area contributed by atoms with Crippen LogP contribution in [0.3, 0.4) is 0 Å². The van der Waals surface area contributed by atoms with E-state index in [-0.39, 0.29) is 41.6 Å². The first kappa shape index (κ1) is 29.2. The molecule has 43 heavy (non-hydrogen) atoms. The van der Waals surface area contributed by atoms with Gasteiger partial charge in [-0.3, -0.25) is 9.69 Å². The molecule has 0 aliphatic carbocycles. The summed E-state index contributed by atoms with van der Waals surface area (Å²) in [5.74, 6) is -1.27. The van der Waals surface area contributed by atoms with E-state index in [1.165, 1.54) is 41.3 Å². The van der Waals surface area contributed by atoms with Crippen LogP contribution in [0.1, 0.15) is 35.4 Å². The van der Waals surface area contributed by atoms with E-state index in [4.69, 9.17) is 16.3 Å². The van der Waals surface area contributed by atoms with Crippen molar-refractivity contribution >= 4 is 29.4 Å². The summed E-state index contributed by atoms with van der Waals surface area (Å²) < 4.78 is 72.0. The molecule has 2 aromatic carbocycles. The van der Waals surface area contributed by atoms with Gasteiger partial charge in [0.25, 0.3) is 0 Å². The molecule has 2 saturated heterocycles. The van der Waals surface area contributed by atoms with Crippen molar-refractivity contribution in [3.8, 4) is 5.75 Å². The van der Waals surface area contributed by atoms with Gasteiger partial charge in [0.05, 0.1) is 16.6 Å². The predicted octanol–water partition coefficient (Wildman–Crippen LogP) is 6.26. The van der Waals surface area contributed by atoms with Crippen LogP contribution >= 0.6 is 11.6 Å². The van der Waals surface area contributed by atoms with E-state index in [9.17, 15) is 31.5 Å². The van der Waals surface area contributed by atoms with Crippen molar-refractivity contribution in [3.63, 3.8) is 0 Å². The van der Waals surface area contributed by atoms with E-state index in [0.29, 0.717) is 43.9 Å². The van der Waals surface area contributed by atoms with Crippen LogP contribution in [0, 0.1) is 17.6 Å². The van der Waals surface area contributed by atoms with Crippen molar-refractivity contribution in [2.75, 3.05) is 31.1 Å². The van der Waals surface area contributed by atoms with Crippen molar-refractivity contribution in [2.45, 2.75) is 37.5 Å². The second kappa shape index (κ2) is 11.3. The third kappa shape index (κ3) is 5.84. The Hall–Kier alpha value is -3.93. The second-order valence-electron chi connectivity index (χ2n) is 11.0. The van der Waals surface area contributed by atoms with Gasteiger partial charge < -0.3 is 14.5 Å². The summed E-state index contributed by atoms with van der Waals surface area (Å²) in [6.07, 6.45) is -3.39. The van der Waals surface area contributed by atoms with Crippen LogP contribution in [-0.2, 0) is 17.5 Å². The minimum Gasteiger partial charge on any atom is -0.410 e. The molecule has 6 rings (SSSR count). The van der Waals surface area contributed by atoms with Gasteiger partial charge in [-0.05, 0) is 72.5 Å². The Balaban J connectivity index is 1.16. The van der Waals surface area contributed by atoms with E-state index in [2.05, 4.69) is 4.98 Å². The molecule has 3 aliphatic heterocycles. The zero-order chi connectivity index (χ0) is 30.5. The smallest absolute Gasteiger partial charge is 0.410 e. The molecule has 0 N–H and O–H groups in total. The Kier molecular flexibility index (Phi) is 7.66. The van der Waals surface area contributed by atoms with Crippen LogP contribution in [-0.4, -0.2) is 59.0 Å². The number of piperidine rings is 1. The average Bonchev–Trinajstić information content (AvgIpc) is 3.44. The number of anilines is 1. The minimum atomic E-state index is -4.47. The Bertz CT molecular complexity index is 1530.